The number of alkyl halides is 3. The quantitative estimate of drug-likeness (QED) is 0.572. The zero-order valence-corrected chi connectivity index (χ0v) is 17.7. The van der Waals surface area contributed by atoms with Gasteiger partial charge in [0.1, 0.15) is 5.76 Å². The zero-order valence-electron chi connectivity index (χ0n) is 16.9. The third-order valence-corrected chi connectivity index (χ3v) is 7.17. The van der Waals surface area contributed by atoms with E-state index in [1.165, 1.54) is 22.7 Å². The standard InChI is InChI=1S/C20H21F3N4O4S/c21-20(22,23)19-25-16-12-15(32(29,30)26-8-1-2-9-26)5-6-17(16)27(19)10-7-18(28)24-13-14-4-3-11-31-14/h3-6,11-12H,1-2,7-10,13H2,(H,24,28). The summed E-state index contributed by atoms with van der Waals surface area (Å²) in [5.74, 6) is -1.11. The lowest BCUT2D eigenvalue weighted by Crippen LogP contribution is -2.27. The van der Waals surface area contributed by atoms with Crippen LogP contribution in [0.5, 0.6) is 0 Å². The summed E-state index contributed by atoms with van der Waals surface area (Å²) in [5, 5.41) is 2.58. The number of halogens is 3. The molecular formula is C20H21F3N4O4S. The van der Waals surface area contributed by atoms with Crippen molar-refractivity contribution in [3.63, 3.8) is 0 Å². The highest BCUT2D eigenvalue weighted by atomic mass is 32.2. The first-order valence-corrected chi connectivity index (χ1v) is 11.5. The molecule has 1 aliphatic rings. The minimum Gasteiger partial charge on any atom is -0.467 e. The third kappa shape index (κ3) is 4.51. The van der Waals surface area contributed by atoms with Crippen LogP contribution in [0.2, 0.25) is 0 Å². The number of aromatic nitrogens is 2. The molecule has 0 unspecified atom stereocenters. The molecule has 1 saturated heterocycles. The van der Waals surface area contributed by atoms with Gasteiger partial charge < -0.3 is 14.3 Å². The second kappa shape index (κ2) is 8.58. The second-order valence-corrected chi connectivity index (χ2v) is 9.39. The average Bonchev–Trinajstić information content (AvgIpc) is 3.50. The van der Waals surface area contributed by atoms with Crippen molar-refractivity contribution >= 4 is 27.0 Å². The Bertz CT molecular complexity index is 1210. The Labute approximate surface area is 182 Å². The van der Waals surface area contributed by atoms with Crippen molar-refractivity contribution in [2.24, 2.45) is 0 Å². The van der Waals surface area contributed by atoms with Gasteiger partial charge in [-0.2, -0.15) is 17.5 Å². The van der Waals surface area contributed by atoms with E-state index in [0.717, 1.165) is 23.5 Å². The lowest BCUT2D eigenvalue weighted by atomic mass is 10.3. The van der Waals surface area contributed by atoms with E-state index in [-0.39, 0.29) is 35.4 Å². The molecule has 1 fully saturated rings. The number of sulfonamides is 1. The lowest BCUT2D eigenvalue weighted by Gasteiger charge is -2.15. The highest BCUT2D eigenvalue weighted by Gasteiger charge is 2.38. The number of nitrogens with zero attached hydrogens (tertiary/aromatic N) is 3. The van der Waals surface area contributed by atoms with Gasteiger partial charge in [0.2, 0.25) is 21.8 Å². The normalized spacial score (nSPS) is 15.5. The van der Waals surface area contributed by atoms with Gasteiger partial charge in [-0.1, -0.05) is 0 Å². The number of carbonyl (C=O) groups excluding carboxylic acids is 1. The summed E-state index contributed by atoms with van der Waals surface area (Å²) in [4.78, 5) is 15.7. The molecule has 1 aliphatic heterocycles. The Hall–Kier alpha value is -2.86. The molecule has 0 bridgehead atoms. The number of nitrogens with one attached hydrogen (secondary N) is 1. The molecule has 1 amide bonds. The molecule has 1 aromatic carbocycles. The van der Waals surface area contributed by atoms with Crippen molar-refractivity contribution in [2.75, 3.05) is 13.1 Å². The minimum absolute atomic E-state index is 0.0893. The number of furan rings is 1. The topological polar surface area (TPSA) is 97.4 Å². The van der Waals surface area contributed by atoms with Crippen LogP contribution in [0, 0.1) is 0 Å². The van der Waals surface area contributed by atoms with E-state index in [1.54, 1.807) is 12.1 Å². The van der Waals surface area contributed by atoms with Crippen LogP contribution in [0.25, 0.3) is 11.0 Å². The fourth-order valence-corrected chi connectivity index (χ4v) is 5.23. The molecule has 3 heterocycles. The number of benzene rings is 1. The summed E-state index contributed by atoms with van der Waals surface area (Å²) in [6, 6.07) is 7.07. The van der Waals surface area contributed by atoms with Gasteiger partial charge in [0.05, 0.1) is 28.7 Å². The molecule has 3 aromatic rings. The number of amides is 1. The molecule has 8 nitrogen and oxygen atoms in total. The maximum atomic E-state index is 13.6. The van der Waals surface area contributed by atoms with Gasteiger partial charge in [-0.15, -0.1) is 0 Å². The number of carbonyl (C=O) groups is 1. The summed E-state index contributed by atoms with van der Waals surface area (Å²) in [7, 11) is -3.79. The van der Waals surface area contributed by atoms with Crippen molar-refractivity contribution in [1.82, 2.24) is 19.2 Å². The zero-order chi connectivity index (χ0) is 22.9. The number of rotatable bonds is 7. The van der Waals surface area contributed by atoms with Gasteiger partial charge in [-0.3, -0.25) is 4.79 Å². The van der Waals surface area contributed by atoms with Crippen molar-refractivity contribution < 1.29 is 30.8 Å². The number of imidazole rings is 1. The van der Waals surface area contributed by atoms with E-state index in [2.05, 4.69) is 10.3 Å². The number of fused-ring (bicyclic) bond motifs is 1. The van der Waals surface area contributed by atoms with Crippen LogP contribution >= 0.6 is 0 Å². The smallest absolute Gasteiger partial charge is 0.449 e. The summed E-state index contributed by atoms with van der Waals surface area (Å²) in [5.41, 5.74) is 0.0186. The molecule has 172 valence electrons. The summed E-state index contributed by atoms with van der Waals surface area (Å²) < 4.78 is 73.6. The molecule has 12 heteroatoms. The van der Waals surface area contributed by atoms with Crippen LogP contribution < -0.4 is 5.32 Å². The maximum absolute atomic E-state index is 13.6. The second-order valence-electron chi connectivity index (χ2n) is 7.45. The third-order valence-electron chi connectivity index (χ3n) is 5.28. The molecule has 32 heavy (non-hydrogen) atoms. The molecule has 1 N–H and O–H groups in total. The fourth-order valence-electron chi connectivity index (χ4n) is 3.69. The van der Waals surface area contributed by atoms with Gasteiger partial charge in [0.15, 0.2) is 0 Å². The van der Waals surface area contributed by atoms with Crippen molar-refractivity contribution in [2.45, 2.75) is 43.4 Å². The molecule has 4 rings (SSSR count). The minimum atomic E-state index is -4.77. The van der Waals surface area contributed by atoms with E-state index >= 15 is 0 Å². The van der Waals surface area contributed by atoms with Gasteiger partial charge in [0.25, 0.3) is 0 Å². The monoisotopic (exact) mass is 470 g/mol. The number of hydrogen-bond donors (Lipinski definition) is 1. The first-order chi connectivity index (χ1) is 15.2. The van der Waals surface area contributed by atoms with Crippen LogP contribution in [-0.4, -0.2) is 41.3 Å². The lowest BCUT2D eigenvalue weighted by molar-refractivity contribution is -0.147. The summed E-state index contributed by atoms with van der Waals surface area (Å²) in [6.07, 6.45) is -2.04. The molecule has 0 radical (unpaired) electrons. The van der Waals surface area contributed by atoms with Gasteiger partial charge in [-0.25, -0.2) is 13.4 Å². The van der Waals surface area contributed by atoms with E-state index in [4.69, 9.17) is 4.42 Å². The van der Waals surface area contributed by atoms with Gasteiger partial charge in [0, 0.05) is 26.1 Å². The molecule has 0 atom stereocenters. The Kier molecular flexibility index (Phi) is 5.99. The molecule has 2 aromatic heterocycles. The molecule has 0 aliphatic carbocycles. The summed E-state index contributed by atoms with van der Waals surface area (Å²) >= 11 is 0. The van der Waals surface area contributed by atoms with E-state index in [9.17, 15) is 26.4 Å². The Morgan fingerprint density at radius 3 is 2.59 bits per heavy atom. The first kappa shape index (κ1) is 22.3. The highest BCUT2D eigenvalue weighted by molar-refractivity contribution is 7.89. The number of hydrogen-bond acceptors (Lipinski definition) is 5. The number of aryl methyl sites for hydroxylation is 1. The van der Waals surface area contributed by atoms with Crippen LogP contribution in [-0.2, 0) is 34.1 Å². The van der Waals surface area contributed by atoms with Crippen molar-refractivity contribution in [1.29, 1.82) is 0 Å². The predicted octanol–water partition coefficient (Wildman–Crippen LogP) is 3.14. The molecular weight excluding hydrogens is 449 g/mol. The van der Waals surface area contributed by atoms with Gasteiger partial charge in [-0.05, 0) is 43.2 Å². The van der Waals surface area contributed by atoms with Gasteiger partial charge >= 0.3 is 6.18 Å². The van der Waals surface area contributed by atoms with E-state index in [0.29, 0.717) is 18.8 Å². The largest absolute Gasteiger partial charge is 0.467 e. The highest BCUT2D eigenvalue weighted by Crippen LogP contribution is 2.33. The fraction of sp³-hybridized carbons (Fsp3) is 0.400. The average molecular weight is 470 g/mol. The maximum Gasteiger partial charge on any atom is 0.449 e. The van der Waals surface area contributed by atoms with E-state index in [1.807, 2.05) is 0 Å². The van der Waals surface area contributed by atoms with Crippen LogP contribution in [0.15, 0.2) is 45.9 Å². The predicted molar refractivity (Wildman–Crippen MR) is 108 cm³/mol. The van der Waals surface area contributed by atoms with Crippen molar-refractivity contribution in [3.8, 4) is 0 Å². The van der Waals surface area contributed by atoms with Crippen LogP contribution in [0.3, 0.4) is 0 Å². The first-order valence-electron chi connectivity index (χ1n) is 10.0. The van der Waals surface area contributed by atoms with Crippen LogP contribution in [0.1, 0.15) is 30.8 Å². The molecule has 0 saturated carbocycles. The van der Waals surface area contributed by atoms with Crippen LogP contribution in [0.4, 0.5) is 13.2 Å². The SMILES string of the molecule is O=C(CCn1c(C(F)(F)F)nc2cc(S(=O)(=O)N3CCCC3)ccc21)NCc1ccco1. The Balaban J connectivity index is 1.58. The van der Waals surface area contributed by atoms with E-state index < -0.39 is 27.9 Å². The molecule has 0 spiro atoms. The Morgan fingerprint density at radius 2 is 1.94 bits per heavy atom. The van der Waals surface area contributed by atoms with Crippen molar-refractivity contribution in [3.05, 3.63) is 48.2 Å². The summed E-state index contributed by atoms with van der Waals surface area (Å²) in [6.45, 7) is 0.624. The Morgan fingerprint density at radius 1 is 1.19 bits per heavy atom.